The third-order valence-corrected chi connectivity index (χ3v) is 8.49. The highest BCUT2D eigenvalue weighted by atomic mass is 17.3. The molecule has 6 aliphatic rings. The normalized spacial score (nSPS) is 56.9. The molecule has 1 amide bonds. The van der Waals surface area contributed by atoms with Gasteiger partial charge in [0.1, 0.15) is 24.4 Å². The van der Waals surface area contributed by atoms with Crippen molar-refractivity contribution in [1.29, 1.82) is 0 Å². The molecule has 0 aromatic carbocycles. The predicted octanol–water partition coefficient (Wildman–Crippen LogP) is -0.520. The summed E-state index contributed by atoms with van der Waals surface area (Å²) in [6, 6.07) is -1.28. The Kier molecular flexibility index (Phi) is 5.19. The fourth-order valence-electron chi connectivity index (χ4n) is 6.78. The van der Waals surface area contributed by atoms with E-state index in [1.165, 1.54) is 4.90 Å². The van der Waals surface area contributed by atoms with Gasteiger partial charge in [0.25, 0.3) is 0 Å². The van der Waals surface area contributed by atoms with Crippen LogP contribution in [0.5, 0.6) is 0 Å². The van der Waals surface area contributed by atoms with E-state index in [4.69, 9.17) is 19.2 Å². The molecule has 6 rings (SSSR count). The summed E-state index contributed by atoms with van der Waals surface area (Å²) >= 11 is 0. The molecule has 5 aliphatic heterocycles. The molecule has 31 heavy (non-hydrogen) atoms. The molecule has 0 aromatic rings. The van der Waals surface area contributed by atoms with Gasteiger partial charge in [-0.1, -0.05) is 13.8 Å². The first kappa shape index (κ1) is 22.0. The monoisotopic (exact) mass is 443 g/mol. The van der Waals surface area contributed by atoms with Crippen molar-refractivity contribution in [2.75, 3.05) is 6.61 Å². The lowest BCUT2D eigenvalue weighted by atomic mass is 9.56. The first-order chi connectivity index (χ1) is 14.6. The highest BCUT2D eigenvalue weighted by molar-refractivity contribution is 5.81. The molecule has 10 heteroatoms. The van der Waals surface area contributed by atoms with E-state index in [0.717, 1.165) is 19.3 Å². The van der Waals surface area contributed by atoms with Crippen LogP contribution >= 0.6 is 0 Å². The van der Waals surface area contributed by atoms with E-state index in [2.05, 4.69) is 6.92 Å². The Balaban J connectivity index is 1.61. The molecule has 1 spiro atoms. The Morgan fingerprint density at radius 2 is 1.81 bits per heavy atom. The predicted molar refractivity (Wildman–Crippen MR) is 103 cm³/mol. The number of hydrogen-bond acceptors (Lipinski definition) is 9. The average Bonchev–Trinajstić information content (AvgIpc) is 2.97. The number of ether oxygens (including phenoxy) is 2. The Hall–Kier alpha value is -0.850. The molecule has 1 aliphatic carbocycles. The maximum Gasteiger partial charge on any atom is 0.228 e. The van der Waals surface area contributed by atoms with Crippen LogP contribution in [0.1, 0.15) is 46.5 Å². The van der Waals surface area contributed by atoms with Crippen LogP contribution in [0.2, 0.25) is 0 Å². The second-order valence-electron chi connectivity index (χ2n) is 10.2. The molecule has 5 heterocycles. The Morgan fingerprint density at radius 3 is 2.52 bits per heavy atom. The molecule has 1 saturated carbocycles. The lowest BCUT2D eigenvalue weighted by Crippen LogP contribution is -2.79. The molecule has 10 nitrogen and oxygen atoms in total. The number of aliphatic hydroxyl groups is 4. The molecule has 2 bridgehead atoms. The summed E-state index contributed by atoms with van der Waals surface area (Å²) in [6.45, 7) is 5.19. The Bertz CT molecular complexity index is 738. The topological polar surface area (TPSA) is 138 Å². The number of amides is 1. The van der Waals surface area contributed by atoms with Crippen LogP contribution in [-0.2, 0) is 24.0 Å². The van der Waals surface area contributed by atoms with Crippen molar-refractivity contribution >= 4 is 5.91 Å². The van der Waals surface area contributed by atoms with Crippen LogP contribution in [-0.4, -0.2) is 86.1 Å². The molecule has 4 N–H and O–H groups in total. The lowest BCUT2D eigenvalue weighted by molar-refractivity contribution is -0.550. The van der Waals surface area contributed by atoms with E-state index >= 15 is 0 Å². The van der Waals surface area contributed by atoms with Gasteiger partial charge in [0.15, 0.2) is 18.1 Å². The number of hydrogen-bond donors (Lipinski definition) is 4. The summed E-state index contributed by atoms with van der Waals surface area (Å²) in [7, 11) is 0. The van der Waals surface area contributed by atoms with Gasteiger partial charge >= 0.3 is 0 Å². The van der Waals surface area contributed by atoms with Gasteiger partial charge in [-0.2, -0.15) is 0 Å². The van der Waals surface area contributed by atoms with Gasteiger partial charge in [-0.3, -0.25) is 4.79 Å². The van der Waals surface area contributed by atoms with E-state index < -0.39 is 60.8 Å². The Morgan fingerprint density at radius 1 is 1.06 bits per heavy atom. The van der Waals surface area contributed by atoms with Gasteiger partial charge in [-0.05, 0) is 38.0 Å². The van der Waals surface area contributed by atoms with Gasteiger partial charge in [0.2, 0.25) is 11.7 Å². The number of carbonyl (C=O) groups excluding carboxylic acids is 1. The zero-order valence-corrected chi connectivity index (χ0v) is 18.1. The largest absolute Gasteiger partial charge is 0.394 e. The molecule has 0 aromatic heterocycles. The molecule has 6 fully saturated rings. The van der Waals surface area contributed by atoms with Gasteiger partial charge in [0.05, 0.1) is 6.61 Å². The number of rotatable bonds is 2. The van der Waals surface area contributed by atoms with Crippen LogP contribution < -0.4 is 0 Å². The van der Waals surface area contributed by atoms with Crippen LogP contribution in [0.15, 0.2) is 0 Å². The molecular weight excluding hydrogens is 410 g/mol. The highest BCUT2D eigenvalue weighted by Gasteiger charge is 2.72. The third kappa shape index (κ3) is 2.90. The minimum atomic E-state index is -1.61. The van der Waals surface area contributed by atoms with Crippen molar-refractivity contribution in [3.63, 3.8) is 0 Å². The molecule has 5 saturated heterocycles. The summed E-state index contributed by atoms with van der Waals surface area (Å²) in [5, 5.41) is 41.5. The van der Waals surface area contributed by atoms with Crippen molar-refractivity contribution in [3.8, 4) is 0 Å². The molecule has 5 unspecified atom stereocenters. The van der Waals surface area contributed by atoms with Crippen molar-refractivity contribution in [2.45, 2.75) is 94.7 Å². The molecule has 12 atom stereocenters. The van der Waals surface area contributed by atoms with E-state index in [0.29, 0.717) is 12.3 Å². The number of fused-ring (bicyclic) bond motifs is 2. The number of carbonyl (C=O) groups is 1. The van der Waals surface area contributed by atoms with Gasteiger partial charge in [0, 0.05) is 18.3 Å². The van der Waals surface area contributed by atoms with Crippen molar-refractivity contribution in [2.24, 2.45) is 23.7 Å². The minimum Gasteiger partial charge on any atom is -0.394 e. The maximum atomic E-state index is 13.6. The fraction of sp³-hybridized carbons (Fsp3) is 0.952. The van der Waals surface area contributed by atoms with Gasteiger partial charge in [-0.15, -0.1) is 0 Å². The summed E-state index contributed by atoms with van der Waals surface area (Å²) in [4.78, 5) is 26.9. The smallest absolute Gasteiger partial charge is 0.228 e. The van der Waals surface area contributed by atoms with Gasteiger partial charge < -0.3 is 34.8 Å². The second-order valence-corrected chi connectivity index (χ2v) is 10.2. The van der Waals surface area contributed by atoms with E-state index in [1.54, 1.807) is 6.92 Å². The number of nitrogens with zero attached hydrogens (tertiary/aromatic N) is 1. The Labute approximate surface area is 180 Å². The lowest BCUT2D eigenvalue weighted by Gasteiger charge is -2.63. The maximum absolute atomic E-state index is 13.6. The quantitative estimate of drug-likeness (QED) is 0.415. The van der Waals surface area contributed by atoms with Crippen LogP contribution in [0.25, 0.3) is 0 Å². The summed E-state index contributed by atoms with van der Waals surface area (Å²) in [5.74, 6) is -1.60. The van der Waals surface area contributed by atoms with Crippen LogP contribution in [0.4, 0.5) is 0 Å². The third-order valence-electron chi connectivity index (χ3n) is 8.49. The van der Waals surface area contributed by atoms with Crippen LogP contribution in [0.3, 0.4) is 0 Å². The summed E-state index contributed by atoms with van der Waals surface area (Å²) < 4.78 is 11.8. The number of likely N-dealkylation sites (tertiary alicyclic amines) is 1. The highest BCUT2D eigenvalue weighted by Crippen LogP contribution is 2.60. The van der Waals surface area contributed by atoms with Gasteiger partial charge in [-0.25, -0.2) is 9.78 Å². The fourth-order valence-corrected chi connectivity index (χ4v) is 6.78. The van der Waals surface area contributed by atoms with Crippen LogP contribution in [0, 0.1) is 23.7 Å². The van der Waals surface area contributed by atoms with Crippen molar-refractivity contribution < 1.29 is 44.5 Å². The first-order valence-electron chi connectivity index (χ1n) is 11.3. The second kappa shape index (κ2) is 7.33. The van der Waals surface area contributed by atoms with E-state index in [-0.39, 0.29) is 17.7 Å². The number of aliphatic hydroxyl groups excluding tert-OH is 4. The first-order valence-corrected chi connectivity index (χ1v) is 11.3. The zero-order chi connectivity index (χ0) is 22.3. The van der Waals surface area contributed by atoms with E-state index in [1.807, 2.05) is 6.92 Å². The van der Waals surface area contributed by atoms with E-state index in [9.17, 15) is 25.2 Å². The average molecular weight is 443 g/mol. The number of piperidine rings is 1. The van der Waals surface area contributed by atoms with Crippen molar-refractivity contribution in [1.82, 2.24) is 4.90 Å². The van der Waals surface area contributed by atoms with Crippen molar-refractivity contribution in [3.05, 3.63) is 0 Å². The molecular formula is C21H33NO9. The summed E-state index contributed by atoms with van der Waals surface area (Å²) in [6.07, 6.45) is -3.56. The summed E-state index contributed by atoms with van der Waals surface area (Å²) in [5.41, 5.74) is -0.945. The molecule has 0 radical (unpaired) electrons. The minimum absolute atomic E-state index is 0.0625. The zero-order valence-electron chi connectivity index (χ0n) is 18.1. The SMILES string of the molecule is C[C@@H]1CCC2[C@@H](C)C(=O)N(C3[C@H](O)O[C@@H](CO)[C@H](O)[C@H]3O)C3O[C@@]4(C)CCC1C23OO4. The molecule has 176 valence electrons. The standard InChI is InChI=1S/C21H33NO9/c1-9-4-5-12-10(2)17(26)22(14-16(25)15(24)13(8-23)28-18(14)27)19-21(12)11(9)6-7-20(3,29-19)30-31-21/h9-16,18-19,23-25,27H,4-8H2,1-3H3/t9-,10-,11?,12?,13+,14?,15+,16+,18-,19?,20-,21?/m1/s1.